The van der Waals surface area contributed by atoms with Crippen molar-refractivity contribution in [1.82, 2.24) is 9.78 Å². The Balaban J connectivity index is 2.23. The van der Waals surface area contributed by atoms with Gasteiger partial charge in [-0.25, -0.2) is 9.48 Å². The molecule has 1 aromatic heterocycles. The fourth-order valence-electron chi connectivity index (χ4n) is 2.60. The number of carbonyl (C=O) groups is 1. The van der Waals surface area contributed by atoms with Crippen molar-refractivity contribution in [2.24, 2.45) is 7.05 Å². The lowest BCUT2D eigenvalue weighted by Crippen LogP contribution is -2.37. The lowest BCUT2D eigenvalue weighted by molar-refractivity contribution is 0.00888. The van der Waals surface area contributed by atoms with E-state index in [1.54, 1.807) is 0 Å². The van der Waals surface area contributed by atoms with Gasteiger partial charge < -0.3 is 4.74 Å². The molecular weight excluding hydrogens is 292 g/mol. The Morgan fingerprint density at radius 3 is 2.43 bits per heavy atom. The normalized spacial score (nSPS) is 12.7. The molecule has 0 bridgehead atoms. The van der Waals surface area contributed by atoms with Crippen LogP contribution in [-0.4, -0.2) is 21.9 Å². The van der Waals surface area contributed by atoms with Crippen molar-refractivity contribution in [1.29, 1.82) is 0 Å². The molecule has 1 atom stereocenters. The fraction of sp³-hybridized carbons (Fsp3) is 0.389. The first-order chi connectivity index (χ1) is 10.9. The third kappa shape index (κ3) is 3.67. The van der Waals surface area contributed by atoms with E-state index in [1.807, 2.05) is 37.3 Å². The molecule has 23 heavy (non-hydrogen) atoms. The Bertz CT molecular complexity index is 735. The molecule has 2 aromatic rings. The molecule has 0 fully saturated rings. The summed E-state index contributed by atoms with van der Waals surface area (Å²) >= 11 is 0. The SMILES string of the molecule is CC[C@@H](OC(=O)c1ccc(=O)n(C)n1)C(C)(C)c1ccccc1. The van der Waals surface area contributed by atoms with Gasteiger partial charge in [-0.1, -0.05) is 51.1 Å². The molecule has 0 saturated heterocycles. The highest BCUT2D eigenvalue weighted by Crippen LogP contribution is 2.31. The second-order valence-electron chi connectivity index (χ2n) is 6.07. The summed E-state index contributed by atoms with van der Waals surface area (Å²) in [4.78, 5) is 23.7. The van der Waals surface area contributed by atoms with Gasteiger partial charge in [-0.15, -0.1) is 0 Å². The number of esters is 1. The summed E-state index contributed by atoms with van der Waals surface area (Å²) in [5.41, 5.74) is 0.646. The van der Waals surface area contributed by atoms with Gasteiger partial charge in [0.2, 0.25) is 0 Å². The Morgan fingerprint density at radius 1 is 1.22 bits per heavy atom. The maximum Gasteiger partial charge on any atom is 0.359 e. The number of rotatable bonds is 5. The fourth-order valence-corrected chi connectivity index (χ4v) is 2.60. The second-order valence-corrected chi connectivity index (χ2v) is 6.07. The van der Waals surface area contributed by atoms with Crippen LogP contribution in [0.15, 0.2) is 47.3 Å². The van der Waals surface area contributed by atoms with Crippen LogP contribution in [-0.2, 0) is 17.2 Å². The highest BCUT2D eigenvalue weighted by molar-refractivity contribution is 5.87. The number of aryl methyl sites for hydroxylation is 1. The van der Waals surface area contributed by atoms with Crippen molar-refractivity contribution in [3.05, 3.63) is 64.1 Å². The first-order valence-corrected chi connectivity index (χ1v) is 7.67. The molecule has 1 heterocycles. The van der Waals surface area contributed by atoms with Crippen LogP contribution in [0.5, 0.6) is 0 Å². The highest BCUT2D eigenvalue weighted by Gasteiger charge is 2.33. The van der Waals surface area contributed by atoms with Crippen LogP contribution in [0.25, 0.3) is 0 Å². The van der Waals surface area contributed by atoms with Crippen molar-refractivity contribution >= 4 is 5.97 Å². The summed E-state index contributed by atoms with van der Waals surface area (Å²) in [6.45, 7) is 6.09. The predicted molar refractivity (Wildman–Crippen MR) is 88.4 cm³/mol. The van der Waals surface area contributed by atoms with E-state index in [2.05, 4.69) is 18.9 Å². The standard InChI is InChI=1S/C18H22N2O3/c1-5-15(18(2,3)13-9-7-6-8-10-13)23-17(22)14-11-12-16(21)20(4)19-14/h6-12,15H,5H2,1-4H3/t15-/m1/s1. The van der Waals surface area contributed by atoms with Gasteiger partial charge in [0, 0.05) is 18.5 Å². The predicted octanol–water partition coefficient (Wildman–Crippen LogP) is 2.69. The molecule has 0 aliphatic carbocycles. The first-order valence-electron chi connectivity index (χ1n) is 7.67. The Labute approximate surface area is 135 Å². The molecule has 0 radical (unpaired) electrons. The maximum atomic E-state index is 12.4. The second kappa shape index (κ2) is 6.77. The molecule has 1 aromatic carbocycles. The van der Waals surface area contributed by atoms with E-state index in [-0.39, 0.29) is 22.8 Å². The number of hydrogen-bond acceptors (Lipinski definition) is 4. The smallest absolute Gasteiger partial charge is 0.359 e. The van der Waals surface area contributed by atoms with E-state index in [0.717, 1.165) is 10.2 Å². The summed E-state index contributed by atoms with van der Waals surface area (Å²) in [6.07, 6.45) is 0.385. The largest absolute Gasteiger partial charge is 0.457 e. The van der Waals surface area contributed by atoms with Crippen molar-refractivity contribution in [2.45, 2.75) is 38.7 Å². The van der Waals surface area contributed by atoms with Crippen LogP contribution < -0.4 is 5.56 Å². The molecule has 0 aliphatic heterocycles. The molecule has 0 N–H and O–H groups in total. The van der Waals surface area contributed by atoms with Crippen molar-refractivity contribution in [3.8, 4) is 0 Å². The first kappa shape index (κ1) is 16.9. The molecule has 0 amide bonds. The van der Waals surface area contributed by atoms with E-state index in [4.69, 9.17) is 4.74 Å². The topological polar surface area (TPSA) is 61.2 Å². The van der Waals surface area contributed by atoms with Crippen molar-refractivity contribution in [2.75, 3.05) is 0 Å². The molecule has 0 unspecified atom stereocenters. The third-order valence-electron chi connectivity index (χ3n) is 4.11. The highest BCUT2D eigenvalue weighted by atomic mass is 16.5. The average Bonchev–Trinajstić information content (AvgIpc) is 2.55. The Kier molecular flexibility index (Phi) is 4.98. The zero-order valence-electron chi connectivity index (χ0n) is 13.9. The zero-order chi connectivity index (χ0) is 17.0. The minimum atomic E-state index is -0.517. The van der Waals surface area contributed by atoms with Crippen LogP contribution >= 0.6 is 0 Å². The van der Waals surface area contributed by atoms with Gasteiger partial charge in [0.15, 0.2) is 5.69 Å². The zero-order valence-corrected chi connectivity index (χ0v) is 13.9. The van der Waals surface area contributed by atoms with Gasteiger partial charge in [-0.3, -0.25) is 4.79 Å². The van der Waals surface area contributed by atoms with Crippen LogP contribution in [0.3, 0.4) is 0 Å². The summed E-state index contributed by atoms with van der Waals surface area (Å²) in [6, 6.07) is 12.7. The van der Waals surface area contributed by atoms with E-state index in [0.29, 0.717) is 6.42 Å². The molecule has 2 rings (SSSR count). The number of benzene rings is 1. The Morgan fingerprint density at radius 2 is 1.87 bits per heavy atom. The van der Waals surface area contributed by atoms with Crippen molar-refractivity contribution < 1.29 is 9.53 Å². The number of aromatic nitrogens is 2. The maximum absolute atomic E-state index is 12.4. The van der Waals surface area contributed by atoms with Crippen molar-refractivity contribution in [3.63, 3.8) is 0 Å². The van der Waals surface area contributed by atoms with E-state index in [1.165, 1.54) is 19.2 Å². The van der Waals surface area contributed by atoms with Gasteiger partial charge in [0.1, 0.15) is 6.10 Å². The minimum Gasteiger partial charge on any atom is -0.457 e. The number of ether oxygens (including phenoxy) is 1. The number of carbonyl (C=O) groups excluding carboxylic acids is 1. The summed E-state index contributed by atoms with van der Waals surface area (Å²) < 4.78 is 6.81. The van der Waals surface area contributed by atoms with Gasteiger partial charge in [-0.05, 0) is 18.1 Å². The third-order valence-corrected chi connectivity index (χ3v) is 4.11. The lowest BCUT2D eigenvalue weighted by Gasteiger charge is -2.33. The molecular formula is C18H22N2O3. The lowest BCUT2D eigenvalue weighted by atomic mass is 9.78. The Hall–Kier alpha value is -2.43. The molecule has 5 heteroatoms. The molecule has 0 spiro atoms. The van der Waals surface area contributed by atoms with Gasteiger partial charge in [0.25, 0.3) is 5.56 Å². The monoisotopic (exact) mass is 314 g/mol. The summed E-state index contributed by atoms with van der Waals surface area (Å²) in [7, 11) is 1.50. The minimum absolute atomic E-state index is 0.134. The molecule has 0 aliphatic rings. The van der Waals surface area contributed by atoms with Crippen LogP contribution in [0.4, 0.5) is 0 Å². The van der Waals surface area contributed by atoms with Gasteiger partial charge >= 0.3 is 5.97 Å². The average molecular weight is 314 g/mol. The van der Waals surface area contributed by atoms with E-state index in [9.17, 15) is 9.59 Å². The summed E-state index contributed by atoms with van der Waals surface area (Å²) in [5.74, 6) is -0.517. The number of nitrogens with zero attached hydrogens (tertiary/aromatic N) is 2. The molecule has 122 valence electrons. The molecule has 5 nitrogen and oxygen atoms in total. The molecule has 0 saturated carbocycles. The van der Waals surface area contributed by atoms with Gasteiger partial charge in [-0.2, -0.15) is 5.10 Å². The van der Waals surface area contributed by atoms with Crippen LogP contribution in [0.1, 0.15) is 43.2 Å². The van der Waals surface area contributed by atoms with Crippen LogP contribution in [0, 0.1) is 0 Å². The van der Waals surface area contributed by atoms with E-state index >= 15 is 0 Å². The summed E-state index contributed by atoms with van der Waals surface area (Å²) in [5, 5.41) is 3.94. The quantitative estimate of drug-likeness (QED) is 0.796. The van der Waals surface area contributed by atoms with E-state index < -0.39 is 5.97 Å². The van der Waals surface area contributed by atoms with Gasteiger partial charge in [0.05, 0.1) is 0 Å². The number of hydrogen-bond donors (Lipinski definition) is 0. The van der Waals surface area contributed by atoms with Crippen LogP contribution in [0.2, 0.25) is 0 Å².